The zero-order chi connectivity index (χ0) is 20.1. The Hall–Kier alpha value is -3.45. The summed E-state index contributed by atoms with van der Waals surface area (Å²) >= 11 is 6.45. The Kier molecular flexibility index (Phi) is 3.99. The van der Waals surface area contributed by atoms with Crippen molar-refractivity contribution in [2.75, 3.05) is 5.73 Å². The lowest BCUT2D eigenvalue weighted by Gasteiger charge is -2.05. The van der Waals surface area contributed by atoms with Crippen molar-refractivity contribution in [3.8, 4) is 11.5 Å². The summed E-state index contributed by atoms with van der Waals surface area (Å²) in [4.78, 5) is 9.08. The minimum absolute atomic E-state index is 0.436. The number of hydrogen-bond acceptors (Lipinski definition) is 5. The van der Waals surface area contributed by atoms with E-state index in [1.165, 1.54) is 0 Å². The number of para-hydroxylation sites is 2. The van der Waals surface area contributed by atoms with Gasteiger partial charge in [0.25, 0.3) is 0 Å². The predicted molar refractivity (Wildman–Crippen MR) is 115 cm³/mol. The van der Waals surface area contributed by atoms with Crippen molar-refractivity contribution in [3.05, 3.63) is 65.1 Å². The fourth-order valence-corrected chi connectivity index (χ4v) is 3.80. The maximum absolute atomic E-state index is 6.45. The van der Waals surface area contributed by atoms with Crippen molar-refractivity contribution in [2.45, 2.75) is 20.3 Å². The second-order valence-corrected chi connectivity index (χ2v) is 7.19. The molecule has 5 aromatic rings. The molecule has 0 aliphatic heterocycles. The molecule has 0 spiro atoms. The van der Waals surface area contributed by atoms with E-state index in [1.807, 2.05) is 67.1 Å². The second-order valence-electron chi connectivity index (χ2n) is 6.78. The summed E-state index contributed by atoms with van der Waals surface area (Å²) in [6.07, 6.45) is 0.680. The maximum Gasteiger partial charge on any atom is 0.185 e. The highest BCUT2D eigenvalue weighted by Gasteiger charge is 2.21. The van der Waals surface area contributed by atoms with Gasteiger partial charge in [-0.1, -0.05) is 42.8 Å². The molecule has 0 amide bonds. The average molecular weight is 404 g/mol. The van der Waals surface area contributed by atoms with E-state index >= 15 is 0 Å². The molecule has 3 aromatic heterocycles. The van der Waals surface area contributed by atoms with E-state index in [9.17, 15) is 0 Å². The summed E-state index contributed by atoms with van der Waals surface area (Å²) in [5, 5.41) is 11.9. The average Bonchev–Trinajstić information content (AvgIpc) is 3.26. The van der Waals surface area contributed by atoms with E-state index in [0.717, 1.165) is 27.7 Å². The minimum atomic E-state index is 0.436. The van der Waals surface area contributed by atoms with E-state index in [-0.39, 0.29) is 0 Å². The van der Waals surface area contributed by atoms with Crippen LogP contribution in [0.15, 0.2) is 48.5 Å². The Bertz CT molecular complexity index is 1380. The highest BCUT2D eigenvalue weighted by Crippen LogP contribution is 2.31. The molecule has 5 rings (SSSR count). The van der Waals surface area contributed by atoms with Crippen LogP contribution in [0.2, 0.25) is 5.02 Å². The van der Waals surface area contributed by atoms with Crippen LogP contribution < -0.4 is 5.73 Å². The monoisotopic (exact) mass is 403 g/mol. The molecule has 0 aliphatic carbocycles. The number of rotatable bonds is 3. The summed E-state index contributed by atoms with van der Waals surface area (Å²) in [6.45, 7) is 3.90. The van der Waals surface area contributed by atoms with Gasteiger partial charge in [0.1, 0.15) is 11.6 Å². The Morgan fingerprint density at radius 2 is 1.72 bits per heavy atom. The fraction of sp³-hybridized carbons (Fsp3) is 0.143. The summed E-state index contributed by atoms with van der Waals surface area (Å²) in [5.74, 6) is 1.77. The lowest BCUT2D eigenvalue weighted by atomic mass is 10.2. The SMILES string of the molecule is CCc1nc(N)c2c(C)nn(-c3nn(-c4ccccc4Cl)c4ccccc34)c2n1. The zero-order valence-corrected chi connectivity index (χ0v) is 16.7. The van der Waals surface area contributed by atoms with Gasteiger partial charge in [0.05, 0.1) is 27.3 Å². The minimum Gasteiger partial charge on any atom is -0.383 e. The molecule has 2 N–H and O–H groups in total. The predicted octanol–water partition coefficient (Wildman–Crippen LogP) is 4.26. The summed E-state index contributed by atoms with van der Waals surface area (Å²) in [6, 6.07) is 15.6. The Morgan fingerprint density at radius 1 is 0.966 bits per heavy atom. The molecule has 0 bridgehead atoms. The number of nitrogens with two attached hydrogens (primary N) is 1. The fourth-order valence-electron chi connectivity index (χ4n) is 3.58. The van der Waals surface area contributed by atoms with Crippen LogP contribution in [-0.4, -0.2) is 29.5 Å². The summed E-state index contributed by atoms with van der Waals surface area (Å²) in [7, 11) is 0. The third kappa shape index (κ3) is 2.66. The standard InChI is InChI=1S/C21H18ClN7/c1-3-17-24-19(23)18-12(2)26-29(21(18)25-17)20-13-8-4-6-10-15(13)28(27-20)16-11-7-5-9-14(16)22/h4-11H,3H2,1-2H3,(H2,23,24,25). The third-order valence-electron chi connectivity index (χ3n) is 4.94. The van der Waals surface area contributed by atoms with Crippen molar-refractivity contribution in [1.29, 1.82) is 0 Å². The topological polar surface area (TPSA) is 87.4 Å². The number of fused-ring (bicyclic) bond motifs is 2. The molecule has 0 atom stereocenters. The lowest BCUT2D eigenvalue weighted by molar-refractivity contribution is 0.802. The number of aromatic nitrogens is 6. The smallest absolute Gasteiger partial charge is 0.185 e. The van der Waals surface area contributed by atoms with Crippen molar-refractivity contribution >= 4 is 39.4 Å². The van der Waals surface area contributed by atoms with Crippen LogP contribution >= 0.6 is 11.6 Å². The van der Waals surface area contributed by atoms with E-state index in [2.05, 4.69) is 4.98 Å². The molecule has 0 saturated carbocycles. The van der Waals surface area contributed by atoms with Crippen molar-refractivity contribution in [3.63, 3.8) is 0 Å². The van der Waals surface area contributed by atoms with Gasteiger partial charge in [-0.3, -0.25) is 0 Å². The number of nitrogens with zero attached hydrogens (tertiary/aromatic N) is 6. The van der Waals surface area contributed by atoms with Crippen LogP contribution in [0.25, 0.3) is 33.4 Å². The summed E-state index contributed by atoms with van der Waals surface area (Å²) in [5.41, 5.74) is 9.35. The number of hydrogen-bond donors (Lipinski definition) is 1. The molecule has 0 unspecified atom stereocenters. The van der Waals surface area contributed by atoms with Gasteiger partial charge in [-0.15, -0.1) is 5.10 Å². The van der Waals surface area contributed by atoms with E-state index in [0.29, 0.717) is 34.6 Å². The molecule has 8 heteroatoms. The van der Waals surface area contributed by atoms with Gasteiger partial charge in [0, 0.05) is 11.8 Å². The molecule has 3 heterocycles. The lowest BCUT2D eigenvalue weighted by Crippen LogP contribution is -2.05. The number of nitrogen functional groups attached to an aromatic ring is 1. The number of anilines is 1. The number of benzene rings is 2. The van der Waals surface area contributed by atoms with Crippen molar-refractivity contribution in [1.82, 2.24) is 29.5 Å². The van der Waals surface area contributed by atoms with E-state index in [1.54, 1.807) is 4.68 Å². The number of aryl methyl sites for hydroxylation is 2. The van der Waals surface area contributed by atoms with Crippen LogP contribution in [0.1, 0.15) is 18.4 Å². The normalized spacial score (nSPS) is 11.6. The first-order chi connectivity index (χ1) is 14.1. The molecule has 29 heavy (non-hydrogen) atoms. The summed E-state index contributed by atoms with van der Waals surface area (Å²) < 4.78 is 3.58. The van der Waals surface area contributed by atoms with Gasteiger partial charge in [0.2, 0.25) is 0 Å². The van der Waals surface area contributed by atoms with Crippen molar-refractivity contribution < 1.29 is 0 Å². The van der Waals surface area contributed by atoms with E-state index in [4.69, 9.17) is 32.5 Å². The van der Waals surface area contributed by atoms with Crippen LogP contribution in [0, 0.1) is 6.92 Å². The third-order valence-corrected chi connectivity index (χ3v) is 5.26. The molecule has 7 nitrogen and oxygen atoms in total. The van der Waals surface area contributed by atoms with Crippen LogP contribution in [-0.2, 0) is 6.42 Å². The Morgan fingerprint density at radius 3 is 2.52 bits per heavy atom. The molecule has 144 valence electrons. The first-order valence-electron chi connectivity index (χ1n) is 9.33. The molecular formula is C21H18ClN7. The maximum atomic E-state index is 6.45. The largest absolute Gasteiger partial charge is 0.383 e. The van der Waals surface area contributed by atoms with Gasteiger partial charge in [-0.05, 0) is 31.2 Å². The van der Waals surface area contributed by atoms with Gasteiger partial charge in [-0.25, -0.2) is 14.6 Å². The van der Waals surface area contributed by atoms with Gasteiger partial charge in [-0.2, -0.15) is 9.78 Å². The molecule has 0 saturated heterocycles. The van der Waals surface area contributed by atoms with Crippen LogP contribution in [0.5, 0.6) is 0 Å². The van der Waals surface area contributed by atoms with Crippen LogP contribution in [0.4, 0.5) is 5.82 Å². The molecule has 0 fully saturated rings. The first-order valence-corrected chi connectivity index (χ1v) is 9.71. The van der Waals surface area contributed by atoms with Crippen molar-refractivity contribution in [2.24, 2.45) is 0 Å². The first kappa shape index (κ1) is 17.6. The van der Waals surface area contributed by atoms with E-state index < -0.39 is 0 Å². The Labute approximate surface area is 171 Å². The number of halogens is 1. The zero-order valence-electron chi connectivity index (χ0n) is 16.0. The van der Waals surface area contributed by atoms with Gasteiger partial charge >= 0.3 is 0 Å². The molecular weight excluding hydrogens is 386 g/mol. The van der Waals surface area contributed by atoms with Gasteiger partial charge in [0.15, 0.2) is 11.5 Å². The quantitative estimate of drug-likeness (QED) is 0.486. The van der Waals surface area contributed by atoms with Crippen LogP contribution in [0.3, 0.4) is 0 Å². The molecule has 2 aromatic carbocycles. The van der Waals surface area contributed by atoms with Gasteiger partial charge < -0.3 is 5.73 Å². The molecule has 0 radical (unpaired) electrons. The Balaban J connectivity index is 1.86. The highest BCUT2D eigenvalue weighted by atomic mass is 35.5. The highest BCUT2D eigenvalue weighted by molar-refractivity contribution is 6.32. The molecule has 0 aliphatic rings. The second kappa shape index (κ2) is 6.56.